The quantitative estimate of drug-likeness (QED) is 0.366. The second-order valence-electron chi connectivity index (χ2n) is 7.53. The van der Waals surface area contributed by atoms with Crippen molar-refractivity contribution in [3.8, 4) is 5.88 Å². The molecule has 0 fully saturated rings. The van der Waals surface area contributed by atoms with E-state index in [1.807, 2.05) is 83.8 Å². The summed E-state index contributed by atoms with van der Waals surface area (Å²) in [5, 5.41) is 0.717. The highest BCUT2D eigenvalue weighted by Gasteiger charge is 2.27. The lowest BCUT2D eigenvalue weighted by Gasteiger charge is -2.26. The number of anilines is 2. The molecule has 2 heterocycles. The Kier molecular flexibility index (Phi) is 5.94. The van der Waals surface area contributed by atoms with Crippen molar-refractivity contribution in [3.05, 3.63) is 112 Å². The molecule has 1 aliphatic heterocycles. The first kappa shape index (κ1) is 20.4. The van der Waals surface area contributed by atoms with Crippen molar-refractivity contribution in [2.45, 2.75) is 24.9 Å². The van der Waals surface area contributed by atoms with E-state index in [2.05, 4.69) is 12.1 Å². The van der Waals surface area contributed by atoms with Crippen LogP contribution in [-0.4, -0.2) is 15.3 Å². The lowest BCUT2D eigenvalue weighted by atomic mass is 10.2. The molecule has 0 bridgehead atoms. The first-order valence-corrected chi connectivity index (χ1v) is 11.6. The maximum atomic E-state index is 13.7. The third-order valence-corrected chi connectivity index (χ3v) is 6.32. The maximum Gasteiger partial charge on any atom is 0.282 e. The van der Waals surface area contributed by atoms with Gasteiger partial charge >= 0.3 is 0 Å². The Labute approximate surface area is 191 Å². The Morgan fingerprint density at radius 2 is 1.50 bits per heavy atom. The average Bonchev–Trinajstić information content (AvgIpc) is 3.33. The highest BCUT2D eigenvalue weighted by atomic mass is 32.2. The summed E-state index contributed by atoms with van der Waals surface area (Å²) in [6.07, 6.45) is 0. The molecule has 0 saturated heterocycles. The number of hydrogen-bond donors (Lipinski definition) is 0. The van der Waals surface area contributed by atoms with Gasteiger partial charge in [-0.2, -0.15) is 4.98 Å². The van der Waals surface area contributed by atoms with Crippen LogP contribution in [0.3, 0.4) is 0 Å². The number of nitrogens with zero attached hydrogens (tertiary/aromatic N) is 3. The van der Waals surface area contributed by atoms with Crippen LogP contribution in [0.25, 0.3) is 0 Å². The molecule has 0 saturated carbocycles. The third-order valence-electron chi connectivity index (χ3n) is 5.36. The van der Waals surface area contributed by atoms with E-state index in [0.29, 0.717) is 31.3 Å². The van der Waals surface area contributed by atoms with E-state index in [0.717, 1.165) is 27.7 Å². The normalized spacial score (nSPS) is 12.4. The molecule has 0 atom stereocenters. The number of aromatic nitrogens is 2. The van der Waals surface area contributed by atoms with Gasteiger partial charge in [-0.25, -0.2) is 0 Å². The van der Waals surface area contributed by atoms with Gasteiger partial charge in [0.05, 0.1) is 0 Å². The summed E-state index contributed by atoms with van der Waals surface area (Å²) in [7, 11) is 0. The van der Waals surface area contributed by atoms with E-state index in [1.54, 1.807) is 16.3 Å². The minimum absolute atomic E-state index is 0.0668. The Morgan fingerprint density at radius 1 is 0.875 bits per heavy atom. The number of rotatable bonds is 7. The minimum atomic E-state index is -0.0668. The molecule has 32 heavy (non-hydrogen) atoms. The lowest BCUT2D eigenvalue weighted by molar-refractivity contribution is 0.289. The van der Waals surface area contributed by atoms with Crippen molar-refractivity contribution in [1.82, 2.24) is 9.55 Å². The number of benzene rings is 3. The van der Waals surface area contributed by atoms with Crippen LogP contribution in [0.4, 0.5) is 11.4 Å². The molecule has 0 amide bonds. The standard InChI is InChI=1S/C26H23N3O2S/c30-25-23(29(22-14-8-3-9-15-22)18-20-10-4-1-5-11-20)24(27-26-28(25)16-17-32-26)31-19-21-12-6-2-7-13-21/h1-15H,16-19H2. The van der Waals surface area contributed by atoms with Crippen LogP contribution in [0.15, 0.2) is 101 Å². The van der Waals surface area contributed by atoms with Gasteiger partial charge in [0.2, 0.25) is 5.88 Å². The number of ether oxygens (including phenoxy) is 1. The Balaban J connectivity index is 1.61. The number of fused-ring (bicyclic) bond motifs is 1. The molecule has 160 valence electrons. The Bertz CT molecular complexity index is 1240. The summed E-state index contributed by atoms with van der Waals surface area (Å²) >= 11 is 1.59. The zero-order valence-corrected chi connectivity index (χ0v) is 18.4. The molecule has 0 spiro atoms. The van der Waals surface area contributed by atoms with Crippen LogP contribution in [0, 0.1) is 0 Å². The molecule has 0 N–H and O–H groups in total. The van der Waals surface area contributed by atoms with Crippen LogP contribution in [0.1, 0.15) is 11.1 Å². The van der Waals surface area contributed by atoms with Gasteiger partial charge in [-0.3, -0.25) is 9.36 Å². The molecule has 3 aromatic carbocycles. The fourth-order valence-corrected chi connectivity index (χ4v) is 4.71. The van der Waals surface area contributed by atoms with Crippen molar-refractivity contribution in [1.29, 1.82) is 0 Å². The predicted octanol–water partition coefficient (Wildman–Crippen LogP) is 5.27. The third kappa shape index (κ3) is 4.27. The van der Waals surface area contributed by atoms with Gasteiger partial charge in [0, 0.05) is 24.5 Å². The van der Waals surface area contributed by atoms with E-state index in [4.69, 9.17) is 9.72 Å². The van der Waals surface area contributed by atoms with Crippen LogP contribution in [0.2, 0.25) is 0 Å². The average molecular weight is 442 g/mol. The van der Waals surface area contributed by atoms with Crippen LogP contribution < -0.4 is 15.2 Å². The molecule has 4 aromatic rings. The van der Waals surface area contributed by atoms with Crippen LogP contribution in [-0.2, 0) is 19.7 Å². The number of thioether (sulfide) groups is 1. The first-order chi connectivity index (χ1) is 15.8. The summed E-state index contributed by atoms with van der Waals surface area (Å²) in [5.41, 5.74) is 3.46. The predicted molar refractivity (Wildman–Crippen MR) is 129 cm³/mol. The van der Waals surface area contributed by atoms with Crippen molar-refractivity contribution in [2.24, 2.45) is 0 Å². The second-order valence-corrected chi connectivity index (χ2v) is 8.60. The summed E-state index contributed by atoms with van der Waals surface area (Å²) in [5.74, 6) is 1.22. The van der Waals surface area contributed by atoms with E-state index in [9.17, 15) is 4.79 Å². The molecule has 5 rings (SSSR count). The van der Waals surface area contributed by atoms with E-state index >= 15 is 0 Å². The highest BCUT2D eigenvalue weighted by molar-refractivity contribution is 7.99. The van der Waals surface area contributed by atoms with E-state index in [1.165, 1.54) is 0 Å². The summed E-state index contributed by atoms with van der Waals surface area (Å²) in [6.45, 7) is 1.55. The monoisotopic (exact) mass is 441 g/mol. The summed E-state index contributed by atoms with van der Waals surface area (Å²) in [4.78, 5) is 20.5. The zero-order chi connectivity index (χ0) is 21.8. The summed E-state index contributed by atoms with van der Waals surface area (Å²) < 4.78 is 7.95. The molecule has 5 nitrogen and oxygen atoms in total. The van der Waals surface area contributed by atoms with Gasteiger partial charge in [0.15, 0.2) is 10.8 Å². The van der Waals surface area contributed by atoms with Gasteiger partial charge in [0.25, 0.3) is 5.56 Å². The number of hydrogen-bond acceptors (Lipinski definition) is 5. The fraction of sp³-hybridized carbons (Fsp3) is 0.154. The van der Waals surface area contributed by atoms with Gasteiger partial charge in [-0.15, -0.1) is 0 Å². The van der Waals surface area contributed by atoms with E-state index in [-0.39, 0.29) is 5.56 Å². The Morgan fingerprint density at radius 3 is 2.19 bits per heavy atom. The molecule has 0 aliphatic carbocycles. The van der Waals surface area contributed by atoms with Crippen molar-refractivity contribution >= 4 is 23.1 Å². The second kappa shape index (κ2) is 9.32. The summed E-state index contributed by atoms with van der Waals surface area (Å²) in [6, 6.07) is 30.0. The Hall–Kier alpha value is -3.51. The van der Waals surface area contributed by atoms with Crippen LogP contribution in [0.5, 0.6) is 5.88 Å². The van der Waals surface area contributed by atoms with Crippen molar-refractivity contribution in [2.75, 3.05) is 10.7 Å². The first-order valence-electron chi connectivity index (χ1n) is 10.6. The van der Waals surface area contributed by atoms with Crippen molar-refractivity contribution in [3.63, 3.8) is 0 Å². The maximum absolute atomic E-state index is 13.7. The number of para-hydroxylation sites is 1. The van der Waals surface area contributed by atoms with Crippen molar-refractivity contribution < 1.29 is 4.74 Å². The van der Waals surface area contributed by atoms with Gasteiger partial charge in [0.1, 0.15) is 6.61 Å². The van der Waals surface area contributed by atoms with Gasteiger partial charge in [-0.05, 0) is 23.3 Å². The SMILES string of the molecule is O=c1c(N(Cc2ccccc2)c2ccccc2)c(OCc2ccccc2)nc2n1CCS2. The molecule has 1 aromatic heterocycles. The molecular weight excluding hydrogens is 418 g/mol. The van der Waals surface area contributed by atoms with E-state index < -0.39 is 0 Å². The van der Waals surface area contributed by atoms with Gasteiger partial charge in [-0.1, -0.05) is 90.6 Å². The smallest absolute Gasteiger partial charge is 0.282 e. The zero-order valence-electron chi connectivity index (χ0n) is 17.6. The molecular formula is C26H23N3O2S. The molecule has 0 unspecified atom stereocenters. The molecule has 0 radical (unpaired) electrons. The topological polar surface area (TPSA) is 47.4 Å². The fourth-order valence-electron chi connectivity index (χ4n) is 3.77. The molecule has 6 heteroatoms. The molecule has 1 aliphatic rings. The largest absolute Gasteiger partial charge is 0.471 e. The van der Waals surface area contributed by atoms with Crippen LogP contribution >= 0.6 is 11.8 Å². The van der Waals surface area contributed by atoms with Gasteiger partial charge < -0.3 is 9.64 Å². The minimum Gasteiger partial charge on any atom is -0.471 e. The highest BCUT2D eigenvalue weighted by Crippen LogP contribution is 2.34. The lowest BCUT2D eigenvalue weighted by Crippen LogP contribution is -2.30.